The van der Waals surface area contributed by atoms with Crippen molar-refractivity contribution in [3.8, 4) is 0 Å². The first-order valence-corrected chi connectivity index (χ1v) is 10.9. The summed E-state index contributed by atoms with van der Waals surface area (Å²) in [6, 6.07) is 10.5. The molecule has 10 heteroatoms. The van der Waals surface area contributed by atoms with Gasteiger partial charge in [0.1, 0.15) is 0 Å². The molecule has 2 atom stereocenters. The molecular weight excluding hydrogens is 476 g/mol. The van der Waals surface area contributed by atoms with Crippen molar-refractivity contribution in [2.45, 2.75) is 44.3 Å². The van der Waals surface area contributed by atoms with Gasteiger partial charge < -0.3 is 14.8 Å². The van der Waals surface area contributed by atoms with E-state index in [4.69, 9.17) is 9.47 Å². The van der Waals surface area contributed by atoms with E-state index in [1.54, 1.807) is 25.1 Å². The van der Waals surface area contributed by atoms with Gasteiger partial charge >= 0.3 is 18.3 Å². The number of rotatable bonds is 7. The minimum Gasteiger partial charge on any atom is -0.463 e. The van der Waals surface area contributed by atoms with Crippen molar-refractivity contribution in [3.05, 3.63) is 82.4 Å². The molecule has 4 nitrogen and oxygen atoms in total. The fourth-order valence-electron chi connectivity index (χ4n) is 3.83. The van der Waals surface area contributed by atoms with Crippen LogP contribution in [0.3, 0.4) is 0 Å². The first-order chi connectivity index (χ1) is 16.4. The van der Waals surface area contributed by atoms with Crippen molar-refractivity contribution in [3.63, 3.8) is 0 Å². The van der Waals surface area contributed by atoms with E-state index in [9.17, 15) is 31.1 Å². The highest BCUT2D eigenvalue weighted by molar-refractivity contribution is 5.89. The summed E-state index contributed by atoms with van der Waals surface area (Å²) >= 11 is 0. The molecule has 190 valence electrons. The molecular formula is C25H25F6NO3. The monoisotopic (exact) mass is 501 g/mol. The van der Waals surface area contributed by atoms with Crippen molar-refractivity contribution in [1.82, 2.24) is 5.32 Å². The third kappa shape index (κ3) is 6.43. The number of nitrogens with one attached hydrogen (secondary N) is 1. The predicted octanol–water partition coefficient (Wildman–Crippen LogP) is 6.18. The lowest BCUT2D eigenvalue weighted by Crippen LogP contribution is -2.50. The van der Waals surface area contributed by atoms with E-state index < -0.39 is 41.1 Å². The summed E-state index contributed by atoms with van der Waals surface area (Å²) in [5.74, 6) is -0.459. The first kappa shape index (κ1) is 26.7. The highest BCUT2D eigenvalue weighted by atomic mass is 19.4. The van der Waals surface area contributed by atoms with Crippen molar-refractivity contribution >= 4 is 5.97 Å². The Hall–Kier alpha value is -2.85. The van der Waals surface area contributed by atoms with E-state index in [2.05, 4.69) is 5.32 Å². The number of ether oxygens (including phenoxy) is 2. The average molecular weight is 501 g/mol. The van der Waals surface area contributed by atoms with E-state index >= 15 is 0 Å². The standard InChI is InChI=1S/C25H25F6NO3/c1-3-34-22(33)17-9-10-23(32-14-17,19-7-5-4-6-8-19)15-35-16(2)18-11-20(24(26,27)28)13-21(12-18)25(29,30)31/h4-9,11-13,16,32H,3,10,14-15H2,1-2H3. The van der Waals surface area contributed by atoms with Gasteiger partial charge in [0, 0.05) is 12.1 Å². The van der Waals surface area contributed by atoms with Crippen LogP contribution in [0.2, 0.25) is 0 Å². The van der Waals surface area contributed by atoms with Crippen molar-refractivity contribution < 1.29 is 40.6 Å². The Balaban J connectivity index is 1.88. The van der Waals surface area contributed by atoms with E-state index in [-0.39, 0.29) is 31.4 Å². The molecule has 1 N–H and O–H groups in total. The molecule has 0 saturated heterocycles. The minimum atomic E-state index is -4.94. The van der Waals surface area contributed by atoms with Gasteiger partial charge in [0.05, 0.1) is 36.0 Å². The van der Waals surface area contributed by atoms with Crippen LogP contribution in [0.15, 0.2) is 60.2 Å². The summed E-state index contributed by atoms with van der Waals surface area (Å²) in [6.07, 6.45) is -8.95. The van der Waals surface area contributed by atoms with Crippen molar-refractivity contribution in [2.75, 3.05) is 19.8 Å². The van der Waals surface area contributed by atoms with Crippen LogP contribution in [0.5, 0.6) is 0 Å². The zero-order valence-electron chi connectivity index (χ0n) is 19.1. The van der Waals surface area contributed by atoms with Gasteiger partial charge in [-0.25, -0.2) is 4.79 Å². The quantitative estimate of drug-likeness (QED) is 0.364. The van der Waals surface area contributed by atoms with Crippen LogP contribution >= 0.6 is 0 Å². The third-order valence-electron chi connectivity index (χ3n) is 5.84. The highest BCUT2D eigenvalue weighted by Gasteiger charge is 2.39. The molecule has 0 aliphatic carbocycles. The molecule has 0 spiro atoms. The van der Waals surface area contributed by atoms with Gasteiger partial charge in [0.25, 0.3) is 0 Å². The Morgan fingerprint density at radius 2 is 1.63 bits per heavy atom. The molecule has 1 aliphatic rings. The fraction of sp³-hybridized carbons (Fsp3) is 0.400. The number of halogens is 6. The normalized spacial score (nSPS) is 19.7. The highest BCUT2D eigenvalue weighted by Crippen LogP contribution is 2.38. The Kier molecular flexibility index (Phi) is 7.96. The molecule has 0 radical (unpaired) electrons. The number of esters is 1. The van der Waals surface area contributed by atoms with E-state index in [0.717, 1.165) is 5.56 Å². The second kappa shape index (κ2) is 10.4. The molecule has 1 aliphatic heterocycles. The summed E-state index contributed by atoms with van der Waals surface area (Å²) in [5.41, 5.74) is -2.65. The number of alkyl halides is 6. The maximum Gasteiger partial charge on any atom is 0.416 e. The van der Waals surface area contributed by atoms with Gasteiger partial charge in [0.2, 0.25) is 0 Å². The molecule has 0 amide bonds. The number of hydrogen-bond acceptors (Lipinski definition) is 4. The summed E-state index contributed by atoms with van der Waals surface area (Å²) < 4.78 is 90.4. The van der Waals surface area contributed by atoms with Crippen LogP contribution in [0.1, 0.15) is 48.6 Å². The largest absolute Gasteiger partial charge is 0.463 e. The van der Waals surface area contributed by atoms with Gasteiger partial charge in [-0.3, -0.25) is 0 Å². The van der Waals surface area contributed by atoms with Crippen LogP contribution in [-0.4, -0.2) is 25.7 Å². The molecule has 0 aromatic heterocycles. The third-order valence-corrected chi connectivity index (χ3v) is 5.84. The predicted molar refractivity (Wildman–Crippen MR) is 116 cm³/mol. The van der Waals surface area contributed by atoms with Gasteiger partial charge in [0.15, 0.2) is 0 Å². The number of carbonyl (C=O) groups is 1. The Morgan fingerprint density at radius 3 is 2.11 bits per heavy atom. The topological polar surface area (TPSA) is 47.6 Å². The van der Waals surface area contributed by atoms with E-state index in [1.165, 1.54) is 6.92 Å². The Bertz CT molecular complexity index is 1030. The molecule has 0 bridgehead atoms. The van der Waals surface area contributed by atoms with Crippen LogP contribution in [0, 0.1) is 0 Å². The molecule has 3 rings (SSSR count). The summed E-state index contributed by atoms with van der Waals surface area (Å²) in [7, 11) is 0. The van der Waals surface area contributed by atoms with Crippen molar-refractivity contribution in [2.24, 2.45) is 0 Å². The maximum absolute atomic E-state index is 13.3. The van der Waals surface area contributed by atoms with Gasteiger partial charge in [-0.1, -0.05) is 36.4 Å². The molecule has 0 saturated carbocycles. The molecule has 2 unspecified atom stereocenters. The van der Waals surface area contributed by atoms with Crippen LogP contribution in [-0.2, 0) is 32.2 Å². The lowest BCUT2D eigenvalue weighted by atomic mass is 9.84. The zero-order valence-corrected chi connectivity index (χ0v) is 19.1. The van der Waals surface area contributed by atoms with Crippen LogP contribution < -0.4 is 5.32 Å². The Morgan fingerprint density at radius 1 is 1.03 bits per heavy atom. The zero-order chi connectivity index (χ0) is 25.9. The van der Waals surface area contributed by atoms with Crippen LogP contribution in [0.25, 0.3) is 0 Å². The lowest BCUT2D eigenvalue weighted by Gasteiger charge is -2.38. The first-order valence-electron chi connectivity index (χ1n) is 10.9. The van der Waals surface area contributed by atoms with E-state index in [0.29, 0.717) is 24.1 Å². The van der Waals surface area contributed by atoms with Gasteiger partial charge in [-0.2, -0.15) is 26.3 Å². The Labute approximate surface area is 198 Å². The summed E-state index contributed by atoms with van der Waals surface area (Å²) in [6.45, 7) is 3.40. The summed E-state index contributed by atoms with van der Waals surface area (Å²) in [4.78, 5) is 12.1. The maximum atomic E-state index is 13.3. The second-order valence-electron chi connectivity index (χ2n) is 8.25. The number of benzene rings is 2. The fourth-order valence-corrected chi connectivity index (χ4v) is 3.83. The molecule has 35 heavy (non-hydrogen) atoms. The summed E-state index contributed by atoms with van der Waals surface area (Å²) in [5, 5.41) is 3.26. The smallest absolute Gasteiger partial charge is 0.416 e. The molecule has 1 heterocycles. The molecule has 2 aromatic carbocycles. The number of hydrogen-bond donors (Lipinski definition) is 1. The lowest BCUT2D eigenvalue weighted by molar-refractivity contribution is -0.143. The minimum absolute atomic E-state index is 0.0671. The second-order valence-corrected chi connectivity index (χ2v) is 8.25. The van der Waals surface area contributed by atoms with Gasteiger partial charge in [-0.05, 0) is 49.6 Å². The molecule has 0 fully saturated rings. The van der Waals surface area contributed by atoms with Gasteiger partial charge in [-0.15, -0.1) is 0 Å². The number of carbonyl (C=O) groups excluding carboxylic acids is 1. The SMILES string of the molecule is CCOC(=O)C1=CCC(COC(C)c2cc(C(F)(F)F)cc(C(F)(F)F)c2)(c2ccccc2)NC1. The molecule has 2 aromatic rings. The van der Waals surface area contributed by atoms with Crippen LogP contribution in [0.4, 0.5) is 26.3 Å². The average Bonchev–Trinajstić information content (AvgIpc) is 2.82. The van der Waals surface area contributed by atoms with E-state index in [1.807, 2.05) is 18.2 Å². The van der Waals surface area contributed by atoms with Crippen molar-refractivity contribution in [1.29, 1.82) is 0 Å².